The Morgan fingerprint density at radius 3 is 2.58 bits per heavy atom. The van der Waals surface area contributed by atoms with Crippen molar-refractivity contribution in [2.75, 3.05) is 7.11 Å². The van der Waals surface area contributed by atoms with E-state index in [9.17, 15) is 0 Å². The van der Waals surface area contributed by atoms with Gasteiger partial charge in [0, 0.05) is 0 Å². The molecule has 0 aliphatic rings. The first-order valence-corrected chi connectivity index (χ1v) is 7.06. The number of hydrogen-bond donors (Lipinski definition) is 0. The minimum Gasteiger partial charge on any atom is -0.496 e. The number of methoxy groups -OCH3 is 1. The van der Waals surface area contributed by atoms with Gasteiger partial charge in [0.15, 0.2) is 0 Å². The molecule has 0 fully saturated rings. The van der Waals surface area contributed by atoms with Gasteiger partial charge in [0.25, 0.3) is 0 Å². The SMILES string of the molecule is COc1ccc(COc2cccc(Cl)c2Cl)cc1Br. The van der Waals surface area contributed by atoms with Gasteiger partial charge in [-0.15, -0.1) is 0 Å². The molecule has 0 aromatic heterocycles. The van der Waals surface area contributed by atoms with Crippen molar-refractivity contribution in [2.24, 2.45) is 0 Å². The predicted molar refractivity (Wildman–Crippen MR) is 81.5 cm³/mol. The normalized spacial score (nSPS) is 10.3. The lowest BCUT2D eigenvalue weighted by Crippen LogP contribution is -1.96. The molecule has 2 rings (SSSR count). The molecule has 0 unspecified atom stereocenters. The summed E-state index contributed by atoms with van der Waals surface area (Å²) in [6.45, 7) is 0.405. The number of hydrogen-bond acceptors (Lipinski definition) is 2. The van der Waals surface area contributed by atoms with E-state index < -0.39 is 0 Å². The fraction of sp³-hybridized carbons (Fsp3) is 0.143. The molecule has 0 heterocycles. The van der Waals surface area contributed by atoms with Gasteiger partial charge in [0.2, 0.25) is 0 Å². The van der Waals surface area contributed by atoms with Crippen LogP contribution in [0, 0.1) is 0 Å². The molecule has 0 radical (unpaired) electrons. The average molecular weight is 362 g/mol. The zero-order valence-corrected chi connectivity index (χ0v) is 13.2. The second-order valence-corrected chi connectivity index (χ2v) is 5.45. The predicted octanol–water partition coefficient (Wildman–Crippen LogP) is 5.34. The summed E-state index contributed by atoms with van der Waals surface area (Å²) in [6, 6.07) is 11.1. The number of halogens is 3. The fourth-order valence-corrected chi connectivity index (χ4v) is 2.49. The van der Waals surface area contributed by atoms with E-state index >= 15 is 0 Å². The van der Waals surface area contributed by atoms with E-state index in [2.05, 4.69) is 15.9 Å². The van der Waals surface area contributed by atoms with E-state index in [0.717, 1.165) is 15.8 Å². The Bertz CT molecular complexity index is 588. The monoisotopic (exact) mass is 360 g/mol. The maximum absolute atomic E-state index is 6.05. The summed E-state index contributed by atoms with van der Waals surface area (Å²) < 4.78 is 11.7. The van der Waals surface area contributed by atoms with E-state index in [1.165, 1.54) is 0 Å². The van der Waals surface area contributed by atoms with Crippen molar-refractivity contribution in [3.05, 3.63) is 56.5 Å². The van der Waals surface area contributed by atoms with Crippen molar-refractivity contribution >= 4 is 39.1 Å². The van der Waals surface area contributed by atoms with E-state index in [4.69, 9.17) is 32.7 Å². The smallest absolute Gasteiger partial charge is 0.139 e. The highest BCUT2D eigenvalue weighted by Gasteiger charge is 2.06. The molecule has 2 aromatic carbocycles. The maximum atomic E-state index is 6.05. The Morgan fingerprint density at radius 1 is 1.11 bits per heavy atom. The van der Waals surface area contributed by atoms with Gasteiger partial charge in [0.05, 0.1) is 16.6 Å². The van der Waals surface area contributed by atoms with E-state index in [1.54, 1.807) is 25.3 Å². The second kappa shape index (κ2) is 6.51. The minimum atomic E-state index is 0.405. The second-order valence-electron chi connectivity index (χ2n) is 3.81. The zero-order chi connectivity index (χ0) is 13.8. The molecular weight excluding hydrogens is 351 g/mol. The largest absolute Gasteiger partial charge is 0.496 e. The summed E-state index contributed by atoms with van der Waals surface area (Å²) in [5.41, 5.74) is 1.00. The molecule has 5 heteroatoms. The van der Waals surface area contributed by atoms with Crippen LogP contribution >= 0.6 is 39.1 Å². The highest BCUT2D eigenvalue weighted by atomic mass is 79.9. The minimum absolute atomic E-state index is 0.405. The molecule has 2 aromatic rings. The number of benzene rings is 2. The Hall–Kier alpha value is -0.900. The molecule has 19 heavy (non-hydrogen) atoms. The summed E-state index contributed by atoms with van der Waals surface area (Å²) >= 11 is 15.4. The standard InChI is InChI=1S/C14H11BrCl2O2/c1-18-12-6-5-9(7-10(12)15)8-19-13-4-2-3-11(16)14(13)17/h2-7H,8H2,1H3. The summed E-state index contributed by atoms with van der Waals surface area (Å²) in [6.07, 6.45) is 0. The van der Waals surface area contributed by atoms with Gasteiger partial charge in [-0.3, -0.25) is 0 Å². The number of rotatable bonds is 4. The van der Waals surface area contributed by atoms with Crippen molar-refractivity contribution < 1.29 is 9.47 Å². The van der Waals surface area contributed by atoms with Gasteiger partial charge in [-0.2, -0.15) is 0 Å². The Kier molecular flexibility index (Phi) is 4.97. The van der Waals surface area contributed by atoms with Crippen LogP contribution in [0.15, 0.2) is 40.9 Å². The van der Waals surface area contributed by atoms with Crippen molar-refractivity contribution in [3.8, 4) is 11.5 Å². The van der Waals surface area contributed by atoms with Gasteiger partial charge in [-0.05, 0) is 45.8 Å². The maximum Gasteiger partial charge on any atom is 0.139 e. The first-order chi connectivity index (χ1) is 9.11. The van der Waals surface area contributed by atoms with Crippen molar-refractivity contribution in [2.45, 2.75) is 6.61 Å². The van der Waals surface area contributed by atoms with Gasteiger partial charge in [0.1, 0.15) is 23.1 Å². The fourth-order valence-electron chi connectivity index (χ4n) is 1.56. The molecule has 0 N–H and O–H groups in total. The molecule has 0 atom stereocenters. The van der Waals surface area contributed by atoms with Crippen molar-refractivity contribution in [3.63, 3.8) is 0 Å². The summed E-state index contributed by atoms with van der Waals surface area (Å²) in [4.78, 5) is 0. The van der Waals surface area contributed by atoms with Gasteiger partial charge in [-0.1, -0.05) is 35.3 Å². The van der Waals surface area contributed by atoms with Crippen LogP contribution < -0.4 is 9.47 Å². The first-order valence-electron chi connectivity index (χ1n) is 5.51. The van der Waals surface area contributed by atoms with Crippen molar-refractivity contribution in [1.29, 1.82) is 0 Å². The van der Waals surface area contributed by atoms with Crippen LogP contribution in [0.5, 0.6) is 11.5 Å². The molecule has 0 amide bonds. The highest BCUT2D eigenvalue weighted by Crippen LogP contribution is 2.32. The number of ether oxygens (including phenoxy) is 2. The highest BCUT2D eigenvalue weighted by molar-refractivity contribution is 9.10. The molecule has 0 aliphatic heterocycles. The topological polar surface area (TPSA) is 18.5 Å². The lowest BCUT2D eigenvalue weighted by Gasteiger charge is -2.10. The third kappa shape index (κ3) is 3.56. The Balaban J connectivity index is 2.10. The van der Waals surface area contributed by atoms with Crippen LogP contribution in [0.2, 0.25) is 10.0 Å². The Morgan fingerprint density at radius 2 is 1.89 bits per heavy atom. The van der Waals surface area contributed by atoms with Crippen LogP contribution in [0.3, 0.4) is 0 Å². The zero-order valence-electron chi connectivity index (χ0n) is 10.1. The van der Waals surface area contributed by atoms with Gasteiger partial charge < -0.3 is 9.47 Å². The van der Waals surface area contributed by atoms with Crippen molar-refractivity contribution in [1.82, 2.24) is 0 Å². The molecular formula is C14H11BrCl2O2. The van der Waals surface area contributed by atoms with E-state index in [1.807, 2.05) is 18.2 Å². The quantitative estimate of drug-likeness (QED) is 0.731. The summed E-state index contributed by atoms with van der Waals surface area (Å²) in [5, 5.41) is 0.909. The van der Waals surface area contributed by atoms with Gasteiger partial charge in [-0.25, -0.2) is 0 Å². The lowest BCUT2D eigenvalue weighted by atomic mass is 10.2. The lowest BCUT2D eigenvalue weighted by molar-refractivity contribution is 0.306. The molecule has 100 valence electrons. The molecule has 0 aliphatic carbocycles. The molecule has 0 saturated carbocycles. The van der Waals surface area contributed by atoms with Crippen LogP contribution in [-0.2, 0) is 6.61 Å². The molecule has 0 saturated heterocycles. The molecule has 0 spiro atoms. The van der Waals surface area contributed by atoms with E-state index in [0.29, 0.717) is 22.4 Å². The van der Waals surface area contributed by atoms with Crippen LogP contribution in [-0.4, -0.2) is 7.11 Å². The van der Waals surface area contributed by atoms with Crippen LogP contribution in [0.4, 0.5) is 0 Å². The van der Waals surface area contributed by atoms with E-state index in [-0.39, 0.29) is 0 Å². The third-order valence-corrected chi connectivity index (χ3v) is 3.95. The first kappa shape index (κ1) is 14.5. The summed E-state index contributed by atoms with van der Waals surface area (Å²) in [5.74, 6) is 1.35. The van der Waals surface area contributed by atoms with Crippen LogP contribution in [0.25, 0.3) is 0 Å². The van der Waals surface area contributed by atoms with Gasteiger partial charge >= 0.3 is 0 Å². The summed E-state index contributed by atoms with van der Waals surface area (Å²) in [7, 11) is 1.63. The molecule has 0 bridgehead atoms. The average Bonchev–Trinajstić information content (AvgIpc) is 2.40. The Labute approximate surface area is 130 Å². The van der Waals surface area contributed by atoms with Crippen LogP contribution in [0.1, 0.15) is 5.56 Å². The molecule has 2 nitrogen and oxygen atoms in total. The third-order valence-electron chi connectivity index (χ3n) is 2.53.